The summed E-state index contributed by atoms with van der Waals surface area (Å²) in [5.41, 5.74) is 5.78. The highest BCUT2D eigenvalue weighted by molar-refractivity contribution is 8.14. The number of fused-ring (bicyclic) bond motifs is 2. The molecule has 2 N–H and O–H groups in total. The Bertz CT molecular complexity index is 1050. The molecule has 0 unspecified atom stereocenters. The molecule has 1 amide bonds. The van der Waals surface area contributed by atoms with E-state index in [0.717, 1.165) is 29.9 Å². The molecule has 1 aliphatic carbocycles. The summed E-state index contributed by atoms with van der Waals surface area (Å²) >= 11 is 1.33. The minimum absolute atomic E-state index is 0.0888. The Morgan fingerprint density at radius 1 is 1.17 bits per heavy atom. The van der Waals surface area contributed by atoms with E-state index in [1.54, 1.807) is 6.08 Å². The summed E-state index contributed by atoms with van der Waals surface area (Å²) < 4.78 is 4.78. The van der Waals surface area contributed by atoms with Gasteiger partial charge >= 0.3 is 5.97 Å². The predicted octanol–water partition coefficient (Wildman–Crippen LogP) is 4.45. The molecule has 2 aliphatic rings. The monoisotopic (exact) mass is 421 g/mol. The van der Waals surface area contributed by atoms with E-state index < -0.39 is 0 Å². The number of anilines is 2. The van der Waals surface area contributed by atoms with Crippen molar-refractivity contribution in [3.8, 4) is 0 Å². The summed E-state index contributed by atoms with van der Waals surface area (Å²) in [5.74, 6) is -0.207. The third-order valence-electron chi connectivity index (χ3n) is 5.02. The first-order valence-electron chi connectivity index (χ1n) is 9.87. The average Bonchev–Trinajstić information content (AvgIpc) is 3.13. The van der Waals surface area contributed by atoms with Gasteiger partial charge in [0.1, 0.15) is 0 Å². The minimum Gasteiger partial charge on any atom is -0.469 e. The molecule has 0 radical (unpaired) electrons. The van der Waals surface area contributed by atoms with E-state index in [1.165, 1.54) is 36.4 Å². The number of esters is 1. The van der Waals surface area contributed by atoms with Gasteiger partial charge in [0.2, 0.25) is 5.91 Å². The van der Waals surface area contributed by atoms with Gasteiger partial charge in [0.05, 0.1) is 35.7 Å². The lowest BCUT2D eigenvalue weighted by molar-refractivity contribution is -0.139. The number of para-hydroxylation sites is 2. The van der Waals surface area contributed by atoms with E-state index in [0.29, 0.717) is 10.7 Å². The van der Waals surface area contributed by atoms with E-state index in [1.807, 2.05) is 30.3 Å². The van der Waals surface area contributed by atoms with Gasteiger partial charge in [0.15, 0.2) is 0 Å². The van der Waals surface area contributed by atoms with Crippen molar-refractivity contribution in [3.05, 3.63) is 65.4 Å². The lowest BCUT2D eigenvalue weighted by Gasteiger charge is -2.09. The number of rotatable bonds is 5. The number of aliphatic imine (C=N–C) groups is 1. The van der Waals surface area contributed by atoms with Gasteiger partial charge < -0.3 is 15.4 Å². The van der Waals surface area contributed by atoms with Gasteiger partial charge in [-0.2, -0.15) is 0 Å². The Labute approximate surface area is 179 Å². The molecule has 6 nitrogen and oxygen atoms in total. The van der Waals surface area contributed by atoms with Crippen LogP contribution in [-0.2, 0) is 27.2 Å². The van der Waals surface area contributed by atoms with Crippen molar-refractivity contribution in [2.45, 2.75) is 25.7 Å². The predicted molar refractivity (Wildman–Crippen MR) is 121 cm³/mol. The first-order valence-corrected chi connectivity index (χ1v) is 10.9. The third-order valence-corrected chi connectivity index (χ3v) is 5.93. The maximum absolute atomic E-state index is 12.5. The summed E-state index contributed by atoms with van der Waals surface area (Å²) in [6, 6.07) is 13.7. The highest BCUT2D eigenvalue weighted by atomic mass is 32.2. The fraction of sp³-hybridized carbons (Fsp3) is 0.261. The molecule has 4 rings (SSSR count). The van der Waals surface area contributed by atoms with Crippen LogP contribution in [0.3, 0.4) is 0 Å². The molecule has 0 saturated carbocycles. The SMILES string of the molecule is COC(=O)CC1=CC(SCC(=O)Nc2ccc3c(c2)CCC3)=Nc2ccccc2N1. The number of hydrogen-bond acceptors (Lipinski definition) is 6. The van der Waals surface area contributed by atoms with E-state index in [2.05, 4.69) is 27.8 Å². The van der Waals surface area contributed by atoms with Crippen LogP contribution in [0.2, 0.25) is 0 Å². The molecule has 2 aromatic rings. The quantitative estimate of drug-likeness (QED) is 0.698. The number of ether oxygens (including phenoxy) is 1. The first-order chi connectivity index (χ1) is 14.6. The highest BCUT2D eigenvalue weighted by Crippen LogP contribution is 2.31. The van der Waals surface area contributed by atoms with Crippen LogP contribution in [0.15, 0.2) is 59.2 Å². The number of methoxy groups -OCH3 is 1. The van der Waals surface area contributed by atoms with Crippen molar-refractivity contribution in [1.29, 1.82) is 0 Å². The molecular weight excluding hydrogens is 398 g/mol. The van der Waals surface area contributed by atoms with Crippen molar-refractivity contribution in [2.24, 2.45) is 4.99 Å². The van der Waals surface area contributed by atoms with Gasteiger partial charge in [0, 0.05) is 11.4 Å². The van der Waals surface area contributed by atoms with Crippen molar-refractivity contribution in [2.75, 3.05) is 23.5 Å². The molecule has 7 heteroatoms. The average molecular weight is 422 g/mol. The third kappa shape index (κ3) is 4.91. The molecule has 0 fully saturated rings. The molecular formula is C23H23N3O3S. The van der Waals surface area contributed by atoms with Gasteiger partial charge in [-0.25, -0.2) is 4.99 Å². The van der Waals surface area contributed by atoms with E-state index in [9.17, 15) is 9.59 Å². The van der Waals surface area contributed by atoms with Crippen LogP contribution in [0.5, 0.6) is 0 Å². The normalized spacial score (nSPS) is 14.4. The maximum atomic E-state index is 12.5. The number of thioether (sulfide) groups is 1. The van der Waals surface area contributed by atoms with E-state index in [4.69, 9.17) is 4.74 Å². The van der Waals surface area contributed by atoms with Crippen molar-refractivity contribution >= 4 is 45.7 Å². The Hall–Kier alpha value is -3.06. The minimum atomic E-state index is -0.341. The van der Waals surface area contributed by atoms with E-state index >= 15 is 0 Å². The number of aryl methyl sites for hydroxylation is 2. The van der Waals surface area contributed by atoms with Gasteiger partial charge in [-0.05, 0) is 60.7 Å². The number of nitrogens with one attached hydrogen (secondary N) is 2. The lowest BCUT2D eigenvalue weighted by Crippen LogP contribution is -2.15. The Kier molecular flexibility index (Phi) is 6.18. The van der Waals surface area contributed by atoms with Crippen LogP contribution < -0.4 is 10.6 Å². The summed E-state index contributed by atoms with van der Waals surface area (Å²) in [6.07, 6.45) is 5.27. The molecule has 0 saturated heterocycles. The first kappa shape index (κ1) is 20.2. The molecule has 0 bridgehead atoms. The molecule has 0 atom stereocenters. The second kappa shape index (κ2) is 9.17. The van der Waals surface area contributed by atoms with Crippen LogP contribution in [0, 0.1) is 0 Å². The number of nitrogens with zero attached hydrogens (tertiary/aromatic N) is 1. The summed E-state index contributed by atoms with van der Waals surface area (Å²) in [7, 11) is 1.36. The number of benzene rings is 2. The molecule has 0 spiro atoms. The van der Waals surface area contributed by atoms with Gasteiger partial charge in [-0.3, -0.25) is 9.59 Å². The largest absolute Gasteiger partial charge is 0.469 e. The number of amides is 1. The second-order valence-electron chi connectivity index (χ2n) is 7.19. The fourth-order valence-corrected chi connectivity index (χ4v) is 4.31. The number of carbonyl (C=O) groups is 2. The van der Waals surface area contributed by atoms with Gasteiger partial charge in [-0.1, -0.05) is 30.0 Å². The molecule has 1 aliphatic heterocycles. The Balaban J connectivity index is 1.44. The Morgan fingerprint density at radius 2 is 2.00 bits per heavy atom. The van der Waals surface area contributed by atoms with Crippen LogP contribution >= 0.6 is 11.8 Å². The summed E-state index contributed by atoms with van der Waals surface area (Å²) in [5, 5.41) is 6.87. The topological polar surface area (TPSA) is 79.8 Å². The van der Waals surface area contributed by atoms with Crippen molar-refractivity contribution in [3.63, 3.8) is 0 Å². The zero-order valence-electron chi connectivity index (χ0n) is 16.7. The number of carbonyl (C=O) groups excluding carboxylic acids is 2. The maximum Gasteiger partial charge on any atom is 0.311 e. The van der Waals surface area contributed by atoms with Crippen molar-refractivity contribution in [1.82, 2.24) is 0 Å². The fourth-order valence-electron chi connectivity index (χ4n) is 3.57. The van der Waals surface area contributed by atoms with E-state index in [-0.39, 0.29) is 24.1 Å². The van der Waals surface area contributed by atoms with Crippen molar-refractivity contribution < 1.29 is 14.3 Å². The standard InChI is InChI=1S/C23H23N3O3S/c1-29-23(28)13-18-12-22(26-20-8-3-2-7-19(20)24-18)30-14-21(27)25-17-10-9-15-5-4-6-16(15)11-17/h2-3,7-12,24H,4-6,13-14H2,1H3,(H,25,27). The van der Waals surface area contributed by atoms with Crippen LogP contribution in [0.25, 0.3) is 0 Å². The summed E-state index contributed by atoms with van der Waals surface area (Å²) in [6.45, 7) is 0. The molecule has 2 aromatic carbocycles. The molecule has 30 heavy (non-hydrogen) atoms. The Morgan fingerprint density at radius 3 is 2.87 bits per heavy atom. The van der Waals surface area contributed by atoms with Gasteiger partial charge in [0.25, 0.3) is 0 Å². The zero-order chi connectivity index (χ0) is 20.9. The lowest BCUT2D eigenvalue weighted by atomic mass is 10.1. The second-order valence-corrected chi connectivity index (χ2v) is 8.18. The smallest absolute Gasteiger partial charge is 0.311 e. The molecule has 1 heterocycles. The van der Waals surface area contributed by atoms with Crippen LogP contribution in [0.4, 0.5) is 17.1 Å². The highest BCUT2D eigenvalue weighted by Gasteiger charge is 2.16. The molecule has 0 aromatic heterocycles. The van der Waals surface area contributed by atoms with Gasteiger partial charge in [-0.15, -0.1) is 0 Å². The summed E-state index contributed by atoms with van der Waals surface area (Å²) in [4.78, 5) is 28.9. The number of hydrogen-bond donors (Lipinski definition) is 2. The van der Waals surface area contributed by atoms with Crippen LogP contribution in [0.1, 0.15) is 24.0 Å². The van der Waals surface area contributed by atoms with Crippen LogP contribution in [-0.4, -0.2) is 29.8 Å². The zero-order valence-corrected chi connectivity index (χ0v) is 17.6. The molecule has 154 valence electrons.